The number of nitrogens with zero attached hydrogens (tertiary/aromatic N) is 3. The van der Waals surface area contributed by atoms with Gasteiger partial charge in [-0.2, -0.15) is 0 Å². The molecule has 8 nitrogen and oxygen atoms in total. The van der Waals surface area contributed by atoms with E-state index in [0.29, 0.717) is 12.1 Å². The summed E-state index contributed by atoms with van der Waals surface area (Å²) in [6.07, 6.45) is 3.02. The minimum Gasteiger partial charge on any atom is -0.350 e. The molecule has 3 aromatic rings. The Morgan fingerprint density at radius 2 is 1.89 bits per heavy atom. The molecule has 0 radical (unpaired) electrons. The van der Waals surface area contributed by atoms with Crippen LogP contribution >= 0.6 is 0 Å². The smallest absolute Gasteiger partial charge is 0.274 e. The average molecular weight is 490 g/mol. The van der Waals surface area contributed by atoms with Crippen LogP contribution in [0.15, 0.2) is 54.9 Å². The van der Waals surface area contributed by atoms with Crippen molar-refractivity contribution in [3.8, 4) is 0 Å². The number of aryl methyl sites for hydroxylation is 1. The fourth-order valence-electron chi connectivity index (χ4n) is 4.82. The van der Waals surface area contributed by atoms with Gasteiger partial charge in [0.25, 0.3) is 11.8 Å². The maximum atomic E-state index is 13.9. The monoisotopic (exact) mass is 489 g/mol. The first-order valence-electron chi connectivity index (χ1n) is 12.0. The zero-order valence-electron chi connectivity index (χ0n) is 20.3. The number of aromatic nitrogens is 2. The van der Waals surface area contributed by atoms with Gasteiger partial charge in [0.15, 0.2) is 5.69 Å². The highest BCUT2D eigenvalue weighted by atomic mass is 19.1. The van der Waals surface area contributed by atoms with Crippen LogP contribution < -0.4 is 10.6 Å². The summed E-state index contributed by atoms with van der Waals surface area (Å²) in [6.45, 7) is 4.25. The molecule has 1 aromatic heterocycles. The van der Waals surface area contributed by atoms with Crippen LogP contribution in [0.1, 0.15) is 57.4 Å². The Labute approximate surface area is 208 Å². The van der Waals surface area contributed by atoms with Crippen molar-refractivity contribution < 1.29 is 18.8 Å². The SMILES string of the molecule is Cc1cccc(CNC(=O)C2(C)Cn3cnc(C(=O)NCc4ccccc4F)c3C(=O)N2C2CC2)c1. The summed E-state index contributed by atoms with van der Waals surface area (Å²) in [5.41, 5.74) is 1.41. The van der Waals surface area contributed by atoms with Crippen molar-refractivity contribution >= 4 is 17.7 Å². The third-order valence-electron chi connectivity index (χ3n) is 6.82. The summed E-state index contributed by atoms with van der Waals surface area (Å²) < 4.78 is 15.5. The second-order valence-corrected chi connectivity index (χ2v) is 9.70. The molecule has 0 spiro atoms. The van der Waals surface area contributed by atoms with Crippen molar-refractivity contribution in [2.24, 2.45) is 0 Å². The first kappa shape index (κ1) is 23.7. The van der Waals surface area contributed by atoms with Crippen LogP contribution in [0.5, 0.6) is 0 Å². The lowest BCUT2D eigenvalue weighted by Crippen LogP contribution is -2.64. The minimum absolute atomic E-state index is 0.0239. The Kier molecular flexibility index (Phi) is 6.07. The zero-order valence-corrected chi connectivity index (χ0v) is 20.3. The van der Waals surface area contributed by atoms with Gasteiger partial charge >= 0.3 is 0 Å². The molecular weight excluding hydrogens is 461 g/mol. The predicted molar refractivity (Wildman–Crippen MR) is 130 cm³/mol. The normalized spacial score (nSPS) is 19.1. The number of imidazole rings is 1. The van der Waals surface area contributed by atoms with Gasteiger partial charge in [-0.15, -0.1) is 0 Å². The van der Waals surface area contributed by atoms with Gasteiger partial charge in [0.05, 0.1) is 12.9 Å². The zero-order chi connectivity index (χ0) is 25.4. The van der Waals surface area contributed by atoms with E-state index < -0.39 is 23.2 Å². The molecule has 1 unspecified atom stereocenters. The Bertz CT molecular complexity index is 1350. The number of carbonyl (C=O) groups is 3. The molecule has 1 fully saturated rings. The van der Waals surface area contributed by atoms with Crippen molar-refractivity contribution in [1.29, 1.82) is 0 Å². The highest BCUT2D eigenvalue weighted by Crippen LogP contribution is 2.38. The summed E-state index contributed by atoms with van der Waals surface area (Å²) in [4.78, 5) is 45.9. The molecule has 2 aromatic carbocycles. The molecule has 0 saturated heterocycles. The molecule has 2 aliphatic rings. The van der Waals surface area contributed by atoms with E-state index in [9.17, 15) is 18.8 Å². The van der Waals surface area contributed by atoms with E-state index in [-0.39, 0.29) is 36.4 Å². The second-order valence-electron chi connectivity index (χ2n) is 9.70. The number of halogens is 1. The lowest BCUT2D eigenvalue weighted by molar-refractivity contribution is -0.133. The second kappa shape index (κ2) is 9.22. The minimum atomic E-state index is -1.13. The van der Waals surface area contributed by atoms with Crippen molar-refractivity contribution in [3.05, 3.63) is 88.8 Å². The van der Waals surface area contributed by atoms with Crippen LogP contribution in [-0.2, 0) is 24.4 Å². The number of nitrogens with one attached hydrogen (secondary N) is 2. The van der Waals surface area contributed by atoms with Gasteiger partial charge in [-0.05, 0) is 38.3 Å². The molecule has 1 saturated carbocycles. The quantitative estimate of drug-likeness (QED) is 0.533. The van der Waals surface area contributed by atoms with Crippen LogP contribution in [0.25, 0.3) is 0 Å². The molecular formula is C27H28FN5O3. The fourth-order valence-corrected chi connectivity index (χ4v) is 4.82. The number of rotatable bonds is 7. The van der Waals surface area contributed by atoms with Gasteiger partial charge in [0, 0.05) is 24.7 Å². The molecule has 5 rings (SSSR count). The topological polar surface area (TPSA) is 96.3 Å². The van der Waals surface area contributed by atoms with E-state index in [1.54, 1.807) is 34.6 Å². The third kappa shape index (κ3) is 4.36. The van der Waals surface area contributed by atoms with Gasteiger partial charge < -0.3 is 20.1 Å². The van der Waals surface area contributed by atoms with Crippen LogP contribution in [0.2, 0.25) is 0 Å². The Morgan fingerprint density at radius 1 is 1.11 bits per heavy atom. The number of hydrogen-bond donors (Lipinski definition) is 2. The maximum Gasteiger partial charge on any atom is 0.274 e. The molecule has 0 bridgehead atoms. The summed E-state index contributed by atoms with van der Waals surface area (Å²) in [7, 11) is 0. The average Bonchev–Trinajstić information content (AvgIpc) is 3.59. The van der Waals surface area contributed by atoms with E-state index >= 15 is 0 Å². The largest absolute Gasteiger partial charge is 0.350 e. The van der Waals surface area contributed by atoms with Gasteiger partial charge in [-0.3, -0.25) is 14.4 Å². The highest BCUT2D eigenvalue weighted by Gasteiger charge is 2.53. The van der Waals surface area contributed by atoms with E-state index in [1.807, 2.05) is 31.2 Å². The van der Waals surface area contributed by atoms with Crippen molar-refractivity contribution in [1.82, 2.24) is 25.1 Å². The number of amides is 3. The third-order valence-corrected chi connectivity index (χ3v) is 6.82. The van der Waals surface area contributed by atoms with Crippen LogP contribution in [0, 0.1) is 12.7 Å². The molecule has 186 valence electrons. The molecule has 2 N–H and O–H groups in total. The fraction of sp³-hybridized carbons (Fsp3) is 0.333. The summed E-state index contributed by atoms with van der Waals surface area (Å²) in [5.74, 6) is -1.64. The maximum absolute atomic E-state index is 13.9. The molecule has 9 heteroatoms. The van der Waals surface area contributed by atoms with Crippen LogP contribution in [-0.4, -0.2) is 43.8 Å². The van der Waals surface area contributed by atoms with Crippen LogP contribution in [0.3, 0.4) is 0 Å². The predicted octanol–water partition coefficient (Wildman–Crippen LogP) is 2.95. The lowest BCUT2D eigenvalue weighted by atomic mass is 9.93. The summed E-state index contributed by atoms with van der Waals surface area (Å²) in [6, 6.07) is 14.0. The molecule has 2 heterocycles. The van der Waals surface area contributed by atoms with Gasteiger partial charge in [0.1, 0.15) is 17.1 Å². The summed E-state index contributed by atoms with van der Waals surface area (Å²) in [5, 5.41) is 5.65. The number of benzene rings is 2. The van der Waals surface area contributed by atoms with Gasteiger partial charge in [0.2, 0.25) is 5.91 Å². The van der Waals surface area contributed by atoms with E-state index in [4.69, 9.17) is 0 Å². The van der Waals surface area contributed by atoms with E-state index in [0.717, 1.165) is 24.0 Å². The van der Waals surface area contributed by atoms with E-state index in [1.165, 1.54) is 12.4 Å². The lowest BCUT2D eigenvalue weighted by Gasteiger charge is -2.44. The van der Waals surface area contributed by atoms with Gasteiger partial charge in [-0.1, -0.05) is 48.0 Å². The standard InChI is InChI=1S/C27H28FN5O3/c1-17-6-5-7-18(12-17)13-30-26(36)27(2)15-32-16-31-22(23(32)25(35)33(27)20-10-11-20)24(34)29-14-19-8-3-4-9-21(19)28/h3-9,12,16,20H,10-11,13-15H2,1-2H3,(H,29,34)(H,30,36). The van der Waals surface area contributed by atoms with Crippen molar-refractivity contribution in [2.45, 2.75) is 57.9 Å². The van der Waals surface area contributed by atoms with Crippen molar-refractivity contribution in [3.63, 3.8) is 0 Å². The molecule has 1 aliphatic heterocycles. The highest BCUT2D eigenvalue weighted by molar-refractivity contribution is 6.07. The molecule has 1 aliphatic carbocycles. The molecule has 3 amide bonds. The first-order chi connectivity index (χ1) is 17.3. The Balaban J connectivity index is 1.37. The Hall–Kier alpha value is -4.01. The van der Waals surface area contributed by atoms with Gasteiger partial charge in [-0.25, -0.2) is 9.37 Å². The first-order valence-corrected chi connectivity index (χ1v) is 12.0. The molecule has 36 heavy (non-hydrogen) atoms. The van der Waals surface area contributed by atoms with E-state index in [2.05, 4.69) is 15.6 Å². The number of carbonyl (C=O) groups excluding carboxylic acids is 3. The molecule has 1 atom stereocenters. The Morgan fingerprint density at radius 3 is 2.61 bits per heavy atom. The number of hydrogen-bond acceptors (Lipinski definition) is 4. The number of fused-ring (bicyclic) bond motifs is 1. The van der Waals surface area contributed by atoms with Crippen molar-refractivity contribution in [2.75, 3.05) is 0 Å². The summed E-state index contributed by atoms with van der Waals surface area (Å²) >= 11 is 0. The van der Waals surface area contributed by atoms with Crippen LogP contribution in [0.4, 0.5) is 4.39 Å².